The van der Waals surface area contributed by atoms with E-state index in [0.717, 1.165) is 0 Å². The second kappa shape index (κ2) is 7.53. The van der Waals surface area contributed by atoms with Crippen LogP contribution in [-0.2, 0) is 0 Å². The molecule has 5 nitrogen and oxygen atoms in total. The fourth-order valence-corrected chi connectivity index (χ4v) is 1.91. The molecule has 0 radical (unpaired) electrons. The lowest BCUT2D eigenvalue weighted by atomic mass is 10.1. The number of nitrogens with zero attached hydrogens (tertiary/aromatic N) is 2. The third kappa shape index (κ3) is 4.67. The van der Waals surface area contributed by atoms with E-state index in [2.05, 4.69) is 6.07 Å². The summed E-state index contributed by atoms with van der Waals surface area (Å²) in [6, 6.07) is 7.21. The van der Waals surface area contributed by atoms with Crippen LogP contribution in [0.25, 0.3) is 0 Å². The molecule has 0 aromatic heterocycles. The van der Waals surface area contributed by atoms with Gasteiger partial charge in [0, 0.05) is 19.2 Å². The number of benzene rings is 1. The van der Waals surface area contributed by atoms with Crippen LogP contribution in [0.4, 0.5) is 0 Å². The molecule has 0 heterocycles. The summed E-state index contributed by atoms with van der Waals surface area (Å²) in [5.41, 5.74) is 0.510. The first-order valence-corrected chi connectivity index (χ1v) is 6.88. The van der Waals surface area contributed by atoms with Gasteiger partial charge in [0.05, 0.1) is 25.2 Å². The van der Waals surface area contributed by atoms with Crippen molar-refractivity contribution in [3.05, 3.63) is 23.8 Å². The van der Waals surface area contributed by atoms with E-state index in [1.807, 2.05) is 13.8 Å². The molecule has 1 aromatic carbocycles. The first-order chi connectivity index (χ1) is 9.88. The Morgan fingerprint density at radius 3 is 2.52 bits per heavy atom. The molecule has 0 saturated carbocycles. The molecule has 1 atom stereocenters. The molecule has 0 aliphatic rings. The summed E-state index contributed by atoms with van der Waals surface area (Å²) >= 11 is 0. The van der Waals surface area contributed by atoms with E-state index in [0.29, 0.717) is 23.6 Å². The highest BCUT2D eigenvalue weighted by molar-refractivity contribution is 5.94. The van der Waals surface area contributed by atoms with Crippen molar-refractivity contribution in [3.63, 3.8) is 0 Å². The summed E-state index contributed by atoms with van der Waals surface area (Å²) in [4.78, 5) is 13.9. The monoisotopic (exact) mass is 290 g/mol. The van der Waals surface area contributed by atoms with Crippen molar-refractivity contribution in [2.24, 2.45) is 5.92 Å². The van der Waals surface area contributed by atoms with Gasteiger partial charge in [0.15, 0.2) is 11.5 Å². The third-order valence-electron chi connectivity index (χ3n) is 2.89. The van der Waals surface area contributed by atoms with Crippen LogP contribution in [0.3, 0.4) is 0 Å². The molecule has 1 amide bonds. The van der Waals surface area contributed by atoms with Crippen LogP contribution in [0.15, 0.2) is 18.2 Å². The Morgan fingerprint density at radius 1 is 1.33 bits per heavy atom. The van der Waals surface area contributed by atoms with Gasteiger partial charge in [0.1, 0.15) is 0 Å². The molecule has 1 rings (SSSR count). The lowest BCUT2D eigenvalue weighted by Crippen LogP contribution is -2.30. The van der Waals surface area contributed by atoms with E-state index in [-0.39, 0.29) is 17.9 Å². The Balaban J connectivity index is 2.93. The van der Waals surface area contributed by atoms with Crippen molar-refractivity contribution in [1.29, 1.82) is 5.26 Å². The van der Waals surface area contributed by atoms with E-state index in [1.54, 1.807) is 32.2 Å². The molecular weight excluding hydrogens is 268 g/mol. The molecule has 0 N–H and O–H groups in total. The van der Waals surface area contributed by atoms with Gasteiger partial charge in [-0.3, -0.25) is 4.79 Å². The average molecular weight is 290 g/mol. The van der Waals surface area contributed by atoms with E-state index in [9.17, 15) is 4.79 Å². The van der Waals surface area contributed by atoms with Gasteiger partial charge >= 0.3 is 0 Å². The molecule has 0 aliphatic carbocycles. The third-order valence-corrected chi connectivity index (χ3v) is 2.89. The Hall–Kier alpha value is -2.22. The first kappa shape index (κ1) is 16.8. The normalized spacial score (nSPS) is 11.7. The van der Waals surface area contributed by atoms with Gasteiger partial charge in [0.2, 0.25) is 0 Å². The second-order valence-electron chi connectivity index (χ2n) is 5.25. The molecule has 0 saturated heterocycles. The number of amides is 1. The molecule has 21 heavy (non-hydrogen) atoms. The largest absolute Gasteiger partial charge is 0.493 e. The maximum Gasteiger partial charge on any atom is 0.253 e. The summed E-state index contributed by atoms with van der Waals surface area (Å²) in [6.45, 7) is 6.02. The average Bonchev–Trinajstić information content (AvgIpc) is 2.46. The molecule has 1 aromatic rings. The molecule has 0 fully saturated rings. The number of ether oxygens (including phenoxy) is 2. The van der Waals surface area contributed by atoms with Crippen LogP contribution in [0.1, 0.15) is 31.1 Å². The van der Waals surface area contributed by atoms with Gasteiger partial charge in [-0.25, -0.2) is 0 Å². The standard InChI is InChI=1S/C16H22N2O3/c1-11(2)21-14-7-6-13(8-15(14)20-5)16(19)18(4)10-12(3)9-17/h6-8,11-12H,10H2,1-5H3/t12-/m1/s1. The zero-order valence-electron chi connectivity index (χ0n) is 13.2. The maximum absolute atomic E-state index is 12.3. The molecule has 0 bridgehead atoms. The van der Waals surface area contributed by atoms with Gasteiger partial charge < -0.3 is 14.4 Å². The summed E-state index contributed by atoms with van der Waals surface area (Å²) in [5.74, 6) is 0.782. The van der Waals surface area contributed by atoms with Crippen LogP contribution in [0, 0.1) is 17.2 Å². The Morgan fingerprint density at radius 2 is 2.00 bits per heavy atom. The van der Waals surface area contributed by atoms with Crippen molar-refractivity contribution in [2.45, 2.75) is 26.9 Å². The number of carbonyl (C=O) groups excluding carboxylic acids is 1. The van der Waals surface area contributed by atoms with Gasteiger partial charge in [-0.05, 0) is 39.0 Å². The van der Waals surface area contributed by atoms with Crippen LogP contribution >= 0.6 is 0 Å². The van der Waals surface area contributed by atoms with E-state index in [4.69, 9.17) is 14.7 Å². The van der Waals surface area contributed by atoms with Gasteiger partial charge in [-0.15, -0.1) is 0 Å². The van der Waals surface area contributed by atoms with Gasteiger partial charge in [-0.2, -0.15) is 5.26 Å². The lowest BCUT2D eigenvalue weighted by molar-refractivity contribution is 0.0784. The Labute approximate surface area is 126 Å². The van der Waals surface area contributed by atoms with Crippen LogP contribution < -0.4 is 9.47 Å². The van der Waals surface area contributed by atoms with Crippen LogP contribution in [0.5, 0.6) is 11.5 Å². The SMILES string of the molecule is COc1cc(C(=O)N(C)C[C@H](C)C#N)ccc1OC(C)C. The second-order valence-corrected chi connectivity index (χ2v) is 5.25. The summed E-state index contributed by atoms with van der Waals surface area (Å²) in [5, 5.41) is 8.81. The first-order valence-electron chi connectivity index (χ1n) is 6.88. The van der Waals surface area contributed by atoms with Crippen LogP contribution in [0.2, 0.25) is 0 Å². The molecule has 0 unspecified atom stereocenters. The highest BCUT2D eigenvalue weighted by Gasteiger charge is 2.17. The minimum absolute atomic E-state index is 0.0274. The minimum atomic E-state index is -0.204. The molecular formula is C16H22N2O3. The topological polar surface area (TPSA) is 62.6 Å². The number of hydrogen-bond donors (Lipinski definition) is 0. The number of methoxy groups -OCH3 is 1. The van der Waals surface area contributed by atoms with Crippen molar-refractivity contribution in [1.82, 2.24) is 4.90 Å². The molecule has 0 aliphatic heterocycles. The summed E-state index contributed by atoms with van der Waals surface area (Å²) in [7, 11) is 3.22. The fraction of sp³-hybridized carbons (Fsp3) is 0.500. The minimum Gasteiger partial charge on any atom is -0.493 e. The lowest BCUT2D eigenvalue weighted by Gasteiger charge is -2.19. The quantitative estimate of drug-likeness (QED) is 0.808. The zero-order chi connectivity index (χ0) is 16.0. The van der Waals surface area contributed by atoms with Crippen molar-refractivity contribution >= 4 is 5.91 Å². The van der Waals surface area contributed by atoms with Crippen molar-refractivity contribution < 1.29 is 14.3 Å². The number of hydrogen-bond acceptors (Lipinski definition) is 4. The summed E-state index contributed by atoms with van der Waals surface area (Å²) in [6.07, 6.45) is 0.0274. The van der Waals surface area contributed by atoms with Gasteiger partial charge in [-0.1, -0.05) is 0 Å². The smallest absolute Gasteiger partial charge is 0.253 e. The number of carbonyl (C=O) groups is 1. The van der Waals surface area contributed by atoms with Crippen molar-refractivity contribution in [2.75, 3.05) is 20.7 Å². The van der Waals surface area contributed by atoms with E-state index < -0.39 is 0 Å². The number of rotatable bonds is 6. The highest BCUT2D eigenvalue weighted by Crippen LogP contribution is 2.29. The number of nitriles is 1. The predicted octanol–water partition coefficient (Wildman–Crippen LogP) is 2.71. The van der Waals surface area contributed by atoms with E-state index >= 15 is 0 Å². The Kier molecular flexibility index (Phi) is 6.04. The molecule has 5 heteroatoms. The van der Waals surface area contributed by atoms with Crippen LogP contribution in [-0.4, -0.2) is 37.6 Å². The van der Waals surface area contributed by atoms with Crippen molar-refractivity contribution in [3.8, 4) is 17.6 Å². The Bertz CT molecular complexity index is 535. The van der Waals surface area contributed by atoms with E-state index in [1.165, 1.54) is 12.0 Å². The summed E-state index contributed by atoms with van der Waals surface area (Å²) < 4.78 is 10.9. The highest BCUT2D eigenvalue weighted by atomic mass is 16.5. The predicted molar refractivity (Wildman–Crippen MR) is 80.5 cm³/mol. The maximum atomic E-state index is 12.3. The molecule has 0 spiro atoms. The zero-order valence-corrected chi connectivity index (χ0v) is 13.2. The fourth-order valence-electron chi connectivity index (χ4n) is 1.91. The molecule has 114 valence electrons. The van der Waals surface area contributed by atoms with Gasteiger partial charge in [0.25, 0.3) is 5.91 Å².